The van der Waals surface area contributed by atoms with Gasteiger partial charge in [-0.1, -0.05) is 37.3 Å². The number of imidazole rings is 1. The van der Waals surface area contributed by atoms with E-state index in [9.17, 15) is 0 Å². The Morgan fingerprint density at radius 3 is 2.61 bits per heavy atom. The molecular weight excluding hydrogens is 246 g/mol. The molecule has 0 aliphatic heterocycles. The number of nitrogen functional groups attached to an aromatic ring is 1. The first-order chi connectivity index (χ1) is 8.74. The zero-order valence-electron chi connectivity index (χ0n) is 10.4. The Hall–Kier alpha value is -1.22. The molecule has 1 aliphatic rings. The Morgan fingerprint density at radius 2 is 1.89 bits per heavy atom. The van der Waals surface area contributed by atoms with Crippen LogP contribution in [0.5, 0.6) is 0 Å². The highest BCUT2D eigenvalue weighted by atomic mass is 35.5. The van der Waals surface area contributed by atoms with Crippen LogP contribution in [0.4, 0.5) is 5.69 Å². The Kier molecular flexibility index (Phi) is 3.16. The number of nitrogens with two attached hydrogens (primary N) is 1. The molecule has 18 heavy (non-hydrogen) atoms. The van der Waals surface area contributed by atoms with Crippen LogP contribution in [-0.4, -0.2) is 9.97 Å². The number of benzene rings is 1. The van der Waals surface area contributed by atoms with Gasteiger partial charge in [-0.25, -0.2) is 4.98 Å². The second kappa shape index (κ2) is 4.81. The molecule has 0 unspecified atom stereocenters. The number of aromatic nitrogens is 2. The number of aromatic amines is 1. The highest BCUT2D eigenvalue weighted by molar-refractivity contribution is 6.31. The van der Waals surface area contributed by atoms with Gasteiger partial charge < -0.3 is 10.7 Å². The van der Waals surface area contributed by atoms with Crippen molar-refractivity contribution in [3.8, 4) is 0 Å². The summed E-state index contributed by atoms with van der Waals surface area (Å²) in [4.78, 5) is 8.08. The molecule has 0 amide bonds. The van der Waals surface area contributed by atoms with Crippen LogP contribution >= 0.6 is 11.6 Å². The third-order valence-corrected chi connectivity index (χ3v) is 4.06. The lowest BCUT2D eigenvalue weighted by Crippen LogP contribution is -1.99. The maximum atomic E-state index is 6.02. The molecule has 0 spiro atoms. The minimum Gasteiger partial charge on any atom is -0.397 e. The average Bonchev–Trinajstić information content (AvgIpc) is 2.59. The molecular formula is C14H18ClN3. The van der Waals surface area contributed by atoms with Crippen LogP contribution in [0.2, 0.25) is 5.02 Å². The lowest BCUT2D eigenvalue weighted by atomic mass is 10.00. The topological polar surface area (TPSA) is 54.7 Å². The lowest BCUT2D eigenvalue weighted by Gasteiger charge is -2.09. The molecule has 1 heterocycles. The van der Waals surface area contributed by atoms with Crippen molar-refractivity contribution in [1.29, 1.82) is 0 Å². The number of hydrogen-bond acceptors (Lipinski definition) is 2. The number of anilines is 1. The smallest absolute Gasteiger partial charge is 0.112 e. The third-order valence-electron chi connectivity index (χ3n) is 3.84. The van der Waals surface area contributed by atoms with Crippen molar-refractivity contribution in [2.75, 3.05) is 5.73 Å². The van der Waals surface area contributed by atoms with Gasteiger partial charge in [0.15, 0.2) is 0 Å². The van der Waals surface area contributed by atoms with E-state index in [1.807, 2.05) is 6.07 Å². The fourth-order valence-corrected chi connectivity index (χ4v) is 3.10. The van der Waals surface area contributed by atoms with Gasteiger partial charge in [-0.2, -0.15) is 0 Å². The number of nitrogens with zero attached hydrogens (tertiary/aromatic N) is 1. The van der Waals surface area contributed by atoms with E-state index in [4.69, 9.17) is 17.3 Å². The van der Waals surface area contributed by atoms with Gasteiger partial charge in [-0.15, -0.1) is 0 Å². The predicted molar refractivity (Wildman–Crippen MR) is 76.0 cm³/mol. The molecule has 1 aliphatic carbocycles. The van der Waals surface area contributed by atoms with Gasteiger partial charge in [0.2, 0.25) is 0 Å². The average molecular weight is 264 g/mol. The molecule has 1 saturated carbocycles. The van der Waals surface area contributed by atoms with Crippen molar-refractivity contribution in [2.45, 2.75) is 44.4 Å². The highest BCUT2D eigenvalue weighted by Gasteiger charge is 2.18. The summed E-state index contributed by atoms with van der Waals surface area (Å²) in [7, 11) is 0. The number of hydrogen-bond donors (Lipinski definition) is 2. The Balaban J connectivity index is 1.99. The quantitative estimate of drug-likeness (QED) is 0.597. The number of H-pyrrole nitrogens is 1. The molecule has 0 saturated heterocycles. The molecule has 3 rings (SSSR count). The molecule has 1 aromatic heterocycles. The Morgan fingerprint density at radius 1 is 1.17 bits per heavy atom. The molecule has 3 N–H and O–H groups in total. The molecule has 1 aromatic carbocycles. The van der Waals surface area contributed by atoms with E-state index in [2.05, 4.69) is 9.97 Å². The van der Waals surface area contributed by atoms with E-state index < -0.39 is 0 Å². The van der Waals surface area contributed by atoms with E-state index in [-0.39, 0.29) is 0 Å². The van der Waals surface area contributed by atoms with E-state index in [1.54, 1.807) is 6.07 Å². The molecule has 0 atom stereocenters. The van der Waals surface area contributed by atoms with Gasteiger partial charge in [0, 0.05) is 10.9 Å². The van der Waals surface area contributed by atoms with Crippen molar-refractivity contribution in [2.24, 2.45) is 0 Å². The number of rotatable bonds is 1. The molecule has 96 valence electrons. The van der Waals surface area contributed by atoms with E-state index >= 15 is 0 Å². The molecule has 0 radical (unpaired) electrons. The first-order valence-corrected chi connectivity index (χ1v) is 7.06. The summed E-state index contributed by atoms with van der Waals surface area (Å²) in [5, 5.41) is 0.663. The van der Waals surface area contributed by atoms with Crippen LogP contribution in [0.15, 0.2) is 12.1 Å². The summed E-state index contributed by atoms with van der Waals surface area (Å²) in [5.74, 6) is 1.64. The zero-order valence-corrected chi connectivity index (χ0v) is 11.1. The fourth-order valence-electron chi connectivity index (χ4n) is 2.87. The van der Waals surface area contributed by atoms with E-state index in [1.165, 1.54) is 38.5 Å². The van der Waals surface area contributed by atoms with Crippen molar-refractivity contribution in [3.63, 3.8) is 0 Å². The van der Waals surface area contributed by atoms with Gasteiger partial charge in [0.05, 0.1) is 11.2 Å². The predicted octanol–water partition coefficient (Wildman–Crippen LogP) is 4.24. The second-order valence-electron chi connectivity index (χ2n) is 5.20. The van der Waals surface area contributed by atoms with Gasteiger partial charge in [0.25, 0.3) is 0 Å². The molecule has 2 aromatic rings. The fraction of sp³-hybridized carbons (Fsp3) is 0.500. The van der Waals surface area contributed by atoms with Gasteiger partial charge >= 0.3 is 0 Å². The maximum Gasteiger partial charge on any atom is 0.112 e. The molecule has 4 heteroatoms. The summed E-state index contributed by atoms with van der Waals surface area (Å²) in [5.41, 5.74) is 8.44. The van der Waals surface area contributed by atoms with E-state index in [0.717, 1.165) is 16.9 Å². The van der Waals surface area contributed by atoms with Gasteiger partial charge in [-0.05, 0) is 25.0 Å². The summed E-state index contributed by atoms with van der Waals surface area (Å²) in [6.45, 7) is 0. The first-order valence-electron chi connectivity index (χ1n) is 6.68. The van der Waals surface area contributed by atoms with Crippen molar-refractivity contribution in [1.82, 2.24) is 9.97 Å². The monoisotopic (exact) mass is 263 g/mol. The molecule has 3 nitrogen and oxygen atoms in total. The SMILES string of the molecule is Nc1cc(Cl)cc2[nH]c(C3CCCCCC3)nc12. The maximum absolute atomic E-state index is 6.02. The summed E-state index contributed by atoms with van der Waals surface area (Å²) < 4.78 is 0. The van der Waals surface area contributed by atoms with Crippen molar-refractivity contribution < 1.29 is 0 Å². The molecule has 0 bridgehead atoms. The minimum atomic E-state index is 0.554. The number of halogens is 1. The minimum absolute atomic E-state index is 0.554. The van der Waals surface area contributed by atoms with Crippen molar-refractivity contribution in [3.05, 3.63) is 23.0 Å². The zero-order chi connectivity index (χ0) is 12.5. The summed E-state index contributed by atoms with van der Waals surface area (Å²) in [6, 6.07) is 3.67. The summed E-state index contributed by atoms with van der Waals surface area (Å²) >= 11 is 6.02. The Bertz CT molecular complexity index is 553. The number of fused-ring (bicyclic) bond motifs is 1. The van der Waals surface area contributed by atoms with Crippen molar-refractivity contribution >= 4 is 28.3 Å². The number of nitrogens with one attached hydrogen (secondary N) is 1. The van der Waals surface area contributed by atoms with E-state index in [0.29, 0.717) is 16.6 Å². The second-order valence-corrected chi connectivity index (χ2v) is 5.64. The summed E-state index contributed by atoms with van der Waals surface area (Å²) in [6.07, 6.45) is 7.77. The highest BCUT2D eigenvalue weighted by Crippen LogP contribution is 2.32. The van der Waals surface area contributed by atoms with Gasteiger partial charge in [-0.3, -0.25) is 0 Å². The van der Waals surface area contributed by atoms with Crippen LogP contribution in [-0.2, 0) is 0 Å². The first kappa shape index (κ1) is 11.8. The molecule has 1 fully saturated rings. The van der Waals surface area contributed by atoms with Crippen LogP contribution < -0.4 is 5.73 Å². The Labute approximate surface area is 112 Å². The standard InChI is InChI=1S/C14H18ClN3/c15-10-7-11(16)13-12(8-10)17-14(18-13)9-5-3-1-2-4-6-9/h7-9H,1-6,16H2,(H,17,18). The van der Waals surface area contributed by atoms with Crippen LogP contribution in [0, 0.1) is 0 Å². The largest absolute Gasteiger partial charge is 0.397 e. The lowest BCUT2D eigenvalue weighted by molar-refractivity contribution is 0.567. The van der Waals surface area contributed by atoms with Crippen LogP contribution in [0.3, 0.4) is 0 Å². The normalized spacial score (nSPS) is 18.1. The van der Waals surface area contributed by atoms with Gasteiger partial charge in [0.1, 0.15) is 11.3 Å². The van der Waals surface area contributed by atoms with Crippen LogP contribution in [0.1, 0.15) is 50.3 Å². The van der Waals surface area contributed by atoms with Crippen LogP contribution in [0.25, 0.3) is 11.0 Å². The third kappa shape index (κ3) is 2.19.